The topological polar surface area (TPSA) is 26.3 Å². The third-order valence-corrected chi connectivity index (χ3v) is 4.81. The first-order valence-electron chi connectivity index (χ1n) is 7.50. The quantitative estimate of drug-likeness (QED) is 0.751. The Hall–Kier alpha value is -1.31. The molecule has 1 aromatic rings. The number of benzene rings is 1. The van der Waals surface area contributed by atoms with Crippen molar-refractivity contribution in [2.24, 2.45) is 0 Å². The van der Waals surface area contributed by atoms with Gasteiger partial charge in [0.2, 0.25) is 0 Å². The van der Waals surface area contributed by atoms with Crippen molar-refractivity contribution < 1.29 is 9.53 Å². The summed E-state index contributed by atoms with van der Waals surface area (Å²) in [5.74, 6) is 0.640. The van der Waals surface area contributed by atoms with Crippen LogP contribution in [0.5, 0.6) is 0 Å². The molecule has 2 heteroatoms. The van der Waals surface area contributed by atoms with Crippen molar-refractivity contribution >= 4 is 5.97 Å². The molecule has 0 aromatic heterocycles. The number of hydrogen-bond acceptors (Lipinski definition) is 2. The van der Waals surface area contributed by atoms with Gasteiger partial charge in [0.05, 0.1) is 13.0 Å². The molecule has 19 heavy (non-hydrogen) atoms. The van der Waals surface area contributed by atoms with Crippen LogP contribution in [-0.4, -0.2) is 13.1 Å². The Labute approximate surface area is 115 Å². The molecule has 1 fully saturated rings. The average molecular weight is 258 g/mol. The van der Waals surface area contributed by atoms with Gasteiger partial charge in [-0.15, -0.1) is 0 Å². The lowest BCUT2D eigenvalue weighted by atomic mass is 9.83. The zero-order valence-electron chi connectivity index (χ0n) is 11.7. The van der Waals surface area contributed by atoms with Gasteiger partial charge in [-0.1, -0.05) is 37.5 Å². The molecule has 0 aliphatic heterocycles. The van der Waals surface area contributed by atoms with Gasteiger partial charge in [-0.05, 0) is 48.3 Å². The molecule has 0 heterocycles. The van der Waals surface area contributed by atoms with E-state index >= 15 is 0 Å². The minimum Gasteiger partial charge on any atom is -0.469 e. The van der Waals surface area contributed by atoms with Crippen LogP contribution in [-0.2, 0) is 16.0 Å². The highest BCUT2D eigenvalue weighted by Crippen LogP contribution is 2.38. The van der Waals surface area contributed by atoms with E-state index in [0.29, 0.717) is 0 Å². The highest BCUT2D eigenvalue weighted by molar-refractivity contribution is 5.79. The number of methoxy groups -OCH3 is 1. The number of hydrogen-bond donors (Lipinski definition) is 0. The summed E-state index contributed by atoms with van der Waals surface area (Å²) in [6.07, 6.45) is 8.73. The van der Waals surface area contributed by atoms with E-state index in [0.717, 1.165) is 18.8 Å². The minimum absolute atomic E-state index is 0.0274. The molecule has 2 aliphatic rings. The molecule has 0 spiro atoms. The van der Waals surface area contributed by atoms with Crippen molar-refractivity contribution in [3.05, 3.63) is 34.9 Å². The molecule has 0 saturated heterocycles. The molecule has 0 radical (unpaired) electrons. The van der Waals surface area contributed by atoms with Gasteiger partial charge in [0.1, 0.15) is 0 Å². The molecule has 0 N–H and O–H groups in total. The summed E-state index contributed by atoms with van der Waals surface area (Å²) < 4.78 is 4.90. The lowest BCUT2D eigenvalue weighted by Gasteiger charge is -2.22. The van der Waals surface area contributed by atoms with E-state index in [1.54, 1.807) is 0 Å². The Morgan fingerprint density at radius 1 is 1.16 bits per heavy atom. The zero-order chi connectivity index (χ0) is 13.2. The first-order chi connectivity index (χ1) is 9.29. The van der Waals surface area contributed by atoms with Crippen molar-refractivity contribution in [1.29, 1.82) is 0 Å². The Balaban J connectivity index is 1.83. The van der Waals surface area contributed by atoms with Crippen LogP contribution in [0.4, 0.5) is 0 Å². The summed E-state index contributed by atoms with van der Waals surface area (Å²) in [7, 11) is 1.48. The summed E-state index contributed by atoms with van der Waals surface area (Å²) in [4.78, 5) is 11.7. The number of carbonyl (C=O) groups is 1. The second kappa shape index (κ2) is 5.36. The summed E-state index contributed by atoms with van der Waals surface area (Å²) in [5, 5.41) is 0. The van der Waals surface area contributed by atoms with Gasteiger partial charge >= 0.3 is 5.97 Å². The number of carbonyl (C=O) groups excluding carboxylic acids is 1. The van der Waals surface area contributed by atoms with Crippen LogP contribution in [0.1, 0.15) is 67.1 Å². The van der Waals surface area contributed by atoms with Gasteiger partial charge in [-0.25, -0.2) is 0 Å². The minimum atomic E-state index is -0.0795. The standard InChI is InChI=1S/C17H22O2/c1-19-17(18)16-10-8-14-11-13(7-9-15(14)16)12-5-3-2-4-6-12/h7,9,11-12,16H,2-6,8,10H2,1H3. The predicted octanol–water partition coefficient (Wildman–Crippen LogP) is 3.94. The van der Waals surface area contributed by atoms with Crippen molar-refractivity contribution in [2.75, 3.05) is 7.11 Å². The number of rotatable bonds is 2. The maximum absolute atomic E-state index is 11.7. The van der Waals surface area contributed by atoms with Crippen molar-refractivity contribution in [3.8, 4) is 0 Å². The lowest BCUT2D eigenvalue weighted by Crippen LogP contribution is -2.11. The van der Waals surface area contributed by atoms with E-state index in [-0.39, 0.29) is 11.9 Å². The summed E-state index contributed by atoms with van der Waals surface area (Å²) in [6, 6.07) is 6.78. The van der Waals surface area contributed by atoms with Crippen molar-refractivity contribution in [2.45, 2.75) is 56.8 Å². The van der Waals surface area contributed by atoms with E-state index in [2.05, 4.69) is 18.2 Å². The first kappa shape index (κ1) is 12.7. The van der Waals surface area contributed by atoms with Crippen LogP contribution in [0, 0.1) is 0 Å². The maximum Gasteiger partial charge on any atom is 0.313 e. The molecule has 0 bridgehead atoms. The largest absolute Gasteiger partial charge is 0.469 e. The molecule has 2 aliphatic carbocycles. The first-order valence-corrected chi connectivity index (χ1v) is 7.50. The Morgan fingerprint density at radius 2 is 1.95 bits per heavy atom. The SMILES string of the molecule is COC(=O)C1CCc2cc(C3CCCCC3)ccc21. The molecule has 1 unspecified atom stereocenters. The maximum atomic E-state index is 11.7. The fraction of sp³-hybridized carbons (Fsp3) is 0.588. The van der Waals surface area contributed by atoms with Gasteiger partial charge in [-0.3, -0.25) is 4.79 Å². The molecular formula is C17H22O2. The highest BCUT2D eigenvalue weighted by atomic mass is 16.5. The molecule has 1 atom stereocenters. The van der Waals surface area contributed by atoms with E-state index in [4.69, 9.17) is 4.74 Å². The fourth-order valence-corrected chi connectivity index (χ4v) is 3.71. The predicted molar refractivity (Wildman–Crippen MR) is 75.3 cm³/mol. The van der Waals surface area contributed by atoms with E-state index in [1.807, 2.05) is 0 Å². The van der Waals surface area contributed by atoms with Crippen LogP contribution < -0.4 is 0 Å². The van der Waals surface area contributed by atoms with Crippen LogP contribution in [0.25, 0.3) is 0 Å². The fourth-order valence-electron chi connectivity index (χ4n) is 3.71. The summed E-state index contributed by atoms with van der Waals surface area (Å²) in [5.41, 5.74) is 4.06. The molecule has 1 saturated carbocycles. The van der Waals surface area contributed by atoms with Crippen LogP contribution in [0.3, 0.4) is 0 Å². The Bertz CT molecular complexity index is 472. The Morgan fingerprint density at radius 3 is 2.68 bits per heavy atom. The van der Waals surface area contributed by atoms with Gasteiger partial charge in [0, 0.05) is 0 Å². The second-order valence-corrected chi connectivity index (χ2v) is 5.91. The van der Waals surface area contributed by atoms with Gasteiger partial charge < -0.3 is 4.74 Å². The lowest BCUT2D eigenvalue weighted by molar-refractivity contribution is -0.142. The summed E-state index contributed by atoms with van der Waals surface area (Å²) in [6.45, 7) is 0. The molecular weight excluding hydrogens is 236 g/mol. The van der Waals surface area contributed by atoms with E-state index in [1.165, 1.54) is 55.9 Å². The summed E-state index contributed by atoms with van der Waals surface area (Å²) >= 11 is 0. The molecule has 2 nitrogen and oxygen atoms in total. The zero-order valence-corrected chi connectivity index (χ0v) is 11.7. The van der Waals surface area contributed by atoms with Gasteiger partial charge in [0.15, 0.2) is 0 Å². The van der Waals surface area contributed by atoms with Crippen LogP contribution in [0.15, 0.2) is 18.2 Å². The number of esters is 1. The van der Waals surface area contributed by atoms with Gasteiger partial charge in [0.25, 0.3) is 0 Å². The second-order valence-electron chi connectivity index (χ2n) is 5.91. The molecule has 0 amide bonds. The van der Waals surface area contributed by atoms with Crippen LogP contribution >= 0.6 is 0 Å². The van der Waals surface area contributed by atoms with Crippen molar-refractivity contribution in [3.63, 3.8) is 0 Å². The van der Waals surface area contributed by atoms with E-state index < -0.39 is 0 Å². The number of aryl methyl sites for hydroxylation is 1. The monoisotopic (exact) mass is 258 g/mol. The normalized spacial score (nSPS) is 23.1. The molecule has 1 aromatic carbocycles. The third-order valence-electron chi connectivity index (χ3n) is 4.81. The van der Waals surface area contributed by atoms with Crippen LogP contribution in [0.2, 0.25) is 0 Å². The van der Waals surface area contributed by atoms with E-state index in [9.17, 15) is 4.79 Å². The smallest absolute Gasteiger partial charge is 0.313 e. The average Bonchev–Trinajstić information content (AvgIpc) is 2.90. The number of fused-ring (bicyclic) bond motifs is 1. The van der Waals surface area contributed by atoms with Crippen molar-refractivity contribution in [1.82, 2.24) is 0 Å². The molecule has 3 rings (SSSR count). The third kappa shape index (κ3) is 2.41. The number of ether oxygens (including phenoxy) is 1. The van der Waals surface area contributed by atoms with Gasteiger partial charge in [-0.2, -0.15) is 0 Å². The highest BCUT2D eigenvalue weighted by Gasteiger charge is 2.30. The molecule has 102 valence electrons. The Kier molecular flexibility index (Phi) is 3.58.